The Hall–Kier alpha value is 0.177. The van der Waals surface area contributed by atoms with Crippen LogP contribution in [0.25, 0.3) is 0 Å². The quantitative estimate of drug-likeness (QED) is 0.588. The first-order chi connectivity index (χ1) is 8.47. The predicted octanol–water partition coefficient (Wildman–Crippen LogP) is 6.10. The van der Waals surface area contributed by atoms with Crippen molar-refractivity contribution in [3.05, 3.63) is 0 Å². The van der Waals surface area contributed by atoms with E-state index >= 15 is 0 Å². The van der Waals surface area contributed by atoms with E-state index in [9.17, 15) is 5.11 Å². The lowest BCUT2D eigenvalue weighted by molar-refractivity contribution is 0.136. The van der Waals surface area contributed by atoms with Crippen LogP contribution < -0.4 is 0 Å². The number of aliphatic hydroxyl groups is 1. The van der Waals surface area contributed by atoms with Crippen molar-refractivity contribution < 1.29 is 5.11 Å². The Balaban J connectivity index is 5.38. The SMILES string of the molecule is CC(C)(C)CC(C)(C)[Si](C)(C)C(C)(C)CC(C)(C)CO. The van der Waals surface area contributed by atoms with Gasteiger partial charge in [-0.15, -0.1) is 0 Å². The Morgan fingerprint density at radius 2 is 1.05 bits per heavy atom. The maximum atomic E-state index is 9.63. The maximum absolute atomic E-state index is 9.63. The average molecular weight is 301 g/mol. The van der Waals surface area contributed by atoms with E-state index in [0.717, 1.165) is 6.42 Å². The van der Waals surface area contributed by atoms with E-state index in [-0.39, 0.29) is 12.0 Å². The Morgan fingerprint density at radius 3 is 1.35 bits per heavy atom. The lowest BCUT2D eigenvalue weighted by Gasteiger charge is -2.54. The summed E-state index contributed by atoms with van der Waals surface area (Å²) in [6, 6.07) is 0. The van der Waals surface area contributed by atoms with Gasteiger partial charge in [0.2, 0.25) is 0 Å². The molecule has 0 spiro atoms. The van der Waals surface area contributed by atoms with Gasteiger partial charge in [0, 0.05) is 6.61 Å². The molecule has 0 aromatic heterocycles. The summed E-state index contributed by atoms with van der Waals surface area (Å²) in [7, 11) is -1.51. The van der Waals surface area contributed by atoms with Gasteiger partial charge in [0.25, 0.3) is 0 Å². The molecule has 1 N–H and O–H groups in total. The molecule has 0 rings (SSSR count). The van der Waals surface area contributed by atoms with Crippen molar-refractivity contribution in [3.63, 3.8) is 0 Å². The highest BCUT2D eigenvalue weighted by Crippen LogP contribution is 2.59. The van der Waals surface area contributed by atoms with Crippen molar-refractivity contribution in [2.75, 3.05) is 6.61 Å². The normalized spacial score (nSPS) is 15.6. The number of hydrogen-bond acceptors (Lipinski definition) is 1. The third-order valence-electron chi connectivity index (χ3n) is 5.70. The molecule has 0 aromatic carbocycles. The second kappa shape index (κ2) is 5.76. The van der Waals surface area contributed by atoms with E-state index in [1.807, 2.05) is 0 Å². The van der Waals surface area contributed by atoms with Gasteiger partial charge in [0.05, 0.1) is 8.07 Å². The lowest BCUT2D eigenvalue weighted by Crippen LogP contribution is -2.51. The van der Waals surface area contributed by atoms with Crippen LogP contribution in [0.15, 0.2) is 0 Å². The molecule has 1 nitrogen and oxygen atoms in total. The molecular formula is C18H40OSi. The van der Waals surface area contributed by atoms with Crippen molar-refractivity contribution in [1.82, 2.24) is 0 Å². The first-order valence-corrected chi connectivity index (χ1v) is 11.1. The zero-order valence-electron chi connectivity index (χ0n) is 16.1. The standard InChI is InChI=1S/C18H40OSi/c1-15(2,3)12-17(6,7)20(10,11)18(8,9)13-16(4,5)14-19/h19H,12-14H2,1-11H3. The second-order valence-corrected chi connectivity index (χ2v) is 16.6. The molecule has 0 radical (unpaired) electrons. The summed E-state index contributed by atoms with van der Waals surface area (Å²) in [5.74, 6) is 0. The minimum absolute atomic E-state index is 0.0194. The van der Waals surface area contributed by atoms with E-state index < -0.39 is 8.07 Å². The number of aliphatic hydroxyl groups excluding tert-OH is 1. The van der Waals surface area contributed by atoms with Gasteiger partial charge >= 0.3 is 0 Å². The summed E-state index contributed by atoms with van der Waals surface area (Å²) < 4.78 is 0. The summed E-state index contributed by atoms with van der Waals surface area (Å²) in [4.78, 5) is 0. The fraction of sp³-hybridized carbons (Fsp3) is 1.00. The molecule has 0 saturated heterocycles. The van der Waals surface area contributed by atoms with Crippen LogP contribution >= 0.6 is 0 Å². The van der Waals surface area contributed by atoms with E-state index in [1.54, 1.807) is 0 Å². The van der Waals surface area contributed by atoms with Crippen molar-refractivity contribution in [2.45, 2.75) is 98.3 Å². The fourth-order valence-corrected chi connectivity index (χ4v) is 7.66. The molecule has 0 amide bonds. The Labute approximate surface area is 129 Å². The minimum Gasteiger partial charge on any atom is -0.396 e. The monoisotopic (exact) mass is 300 g/mol. The molecule has 122 valence electrons. The van der Waals surface area contributed by atoms with Gasteiger partial charge in [-0.25, -0.2) is 0 Å². The average Bonchev–Trinajstić information content (AvgIpc) is 2.11. The van der Waals surface area contributed by atoms with E-state index in [1.165, 1.54) is 6.42 Å². The molecule has 0 fully saturated rings. The van der Waals surface area contributed by atoms with Crippen LogP contribution in [0.3, 0.4) is 0 Å². The van der Waals surface area contributed by atoms with Gasteiger partial charge in [-0.3, -0.25) is 0 Å². The van der Waals surface area contributed by atoms with Gasteiger partial charge in [-0.05, 0) is 33.7 Å². The predicted molar refractivity (Wildman–Crippen MR) is 95.1 cm³/mol. The van der Waals surface area contributed by atoms with Gasteiger partial charge in [0.15, 0.2) is 0 Å². The zero-order chi connectivity index (χ0) is 16.6. The van der Waals surface area contributed by atoms with Crippen LogP contribution in [0.2, 0.25) is 23.2 Å². The molecule has 0 aliphatic heterocycles. The summed E-state index contributed by atoms with van der Waals surface area (Å²) in [6.07, 6.45) is 2.37. The van der Waals surface area contributed by atoms with E-state index in [4.69, 9.17) is 0 Å². The van der Waals surface area contributed by atoms with E-state index in [2.05, 4.69) is 75.4 Å². The Kier molecular flexibility index (Phi) is 5.81. The lowest BCUT2D eigenvalue weighted by atomic mass is 9.84. The van der Waals surface area contributed by atoms with Crippen LogP contribution in [0.1, 0.15) is 75.2 Å². The Morgan fingerprint density at radius 1 is 0.700 bits per heavy atom. The molecule has 0 unspecified atom stereocenters. The highest BCUT2D eigenvalue weighted by molar-refractivity contribution is 6.83. The molecular weight excluding hydrogens is 260 g/mol. The number of rotatable bonds is 6. The van der Waals surface area contributed by atoms with Gasteiger partial charge < -0.3 is 5.11 Å². The molecule has 20 heavy (non-hydrogen) atoms. The molecule has 0 bridgehead atoms. The third-order valence-corrected chi connectivity index (χ3v) is 12.8. The molecule has 0 aromatic rings. The third kappa shape index (κ3) is 4.87. The van der Waals surface area contributed by atoms with Crippen molar-refractivity contribution in [2.24, 2.45) is 10.8 Å². The van der Waals surface area contributed by atoms with Gasteiger partial charge in [-0.1, -0.05) is 75.4 Å². The largest absolute Gasteiger partial charge is 0.396 e. The number of hydrogen-bond donors (Lipinski definition) is 1. The first kappa shape index (κ1) is 20.2. The summed E-state index contributed by atoms with van der Waals surface area (Å²) in [5, 5.41) is 10.3. The molecule has 0 aliphatic carbocycles. The Bertz CT molecular complexity index is 319. The van der Waals surface area contributed by atoms with Crippen LogP contribution in [-0.4, -0.2) is 19.8 Å². The van der Waals surface area contributed by atoms with Crippen LogP contribution in [0.5, 0.6) is 0 Å². The molecule has 0 atom stereocenters. The van der Waals surface area contributed by atoms with Crippen LogP contribution in [0.4, 0.5) is 0 Å². The molecule has 0 saturated carbocycles. The van der Waals surface area contributed by atoms with Gasteiger partial charge in [-0.2, -0.15) is 0 Å². The molecule has 0 heterocycles. The summed E-state index contributed by atoms with van der Waals surface area (Å²) >= 11 is 0. The highest BCUT2D eigenvalue weighted by atomic mass is 28.3. The van der Waals surface area contributed by atoms with Crippen molar-refractivity contribution in [3.8, 4) is 0 Å². The fourth-order valence-electron chi connectivity index (χ4n) is 3.94. The van der Waals surface area contributed by atoms with E-state index in [0.29, 0.717) is 15.5 Å². The first-order valence-electron chi connectivity index (χ1n) is 8.08. The summed E-state index contributed by atoms with van der Waals surface area (Å²) in [6.45, 7) is 26.6. The summed E-state index contributed by atoms with van der Waals surface area (Å²) in [5.41, 5.74) is 0.391. The topological polar surface area (TPSA) is 20.2 Å². The van der Waals surface area contributed by atoms with Gasteiger partial charge in [0.1, 0.15) is 0 Å². The second-order valence-electron chi connectivity index (χ2n) is 10.6. The minimum atomic E-state index is -1.51. The highest BCUT2D eigenvalue weighted by Gasteiger charge is 2.51. The zero-order valence-corrected chi connectivity index (χ0v) is 17.1. The molecule has 0 aliphatic rings. The van der Waals surface area contributed by atoms with Crippen molar-refractivity contribution >= 4 is 8.07 Å². The van der Waals surface area contributed by atoms with Crippen LogP contribution in [0, 0.1) is 10.8 Å². The van der Waals surface area contributed by atoms with Crippen LogP contribution in [-0.2, 0) is 0 Å². The maximum Gasteiger partial charge on any atom is 0.0587 e. The van der Waals surface area contributed by atoms with Crippen molar-refractivity contribution in [1.29, 1.82) is 0 Å². The molecule has 2 heteroatoms. The smallest absolute Gasteiger partial charge is 0.0587 e.